The minimum atomic E-state index is -1.02. The van der Waals surface area contributed by atoms with Crippen LogP contribution in [0.25, 0.3) is 17.4 Å². The molecule has 0 bridgehead atoms. The lowest BCUT2D eigenvalue weighted by atomic mass is 10.0. The summed E-state index contributed by atoms with van der Waals surface area (Å²) in [5.41, 5.74) is 2.02. The molecule has 9 nitrogen and oxygen atoms in total. The van der Waals surface area contributed by atoms with E-state index >= 15 is 0 Å². The molecule has 1 aliphatic heterocycles. The third-order valence-electron chi connectivity index (χ3n) is 5.20. The number of hydrogen-bond acceptors (Lipinski definition) is 7. The highest BCUT2D eigenvalue weighted by atomic mass is 32.2. The summed E-state index contributed by atoms with van der Waals surface area (Å²) in [5.74, 6) is -0.885. The number of furan rings is 1. The van der Waals surface area contributed by atoms with E-state index in [-0.39, 0.29) is 10.5 Å². The second kappa shape index (κ2) is 9.90. The van der Waals surface area contributed by atoms with Crippen molar-refractivity contribution in [1.82, 2.24) is 4.90 Å². The summed E-state index contributed by atoms with van der Waals surface area (Å²) in [6, 6.07) is 14.8. The van der Waals surface area contributed by atoms with Gasteiger partial charge < -0.3 is 19.6 Å². The van der Waals surface area contributed by atoms with Crippen molar-refractivity contribution in [2.24, 2.45) is 0 Å². The number of carboxylic acid groups (broad SMARTS) is 1. The SMILES string of the molecule is COc1ccccc1NC(=O)CN1C(=O)S/C(=C\c2ccc(-c3ccc(C(=O)O)cc3C)o2)C1=O. The average molecular weight is 493 g/mol. The predicted octanol–water partition coefficient (Wildman–Crippen LogP) is 4.64. The number of thioether (sulfide) groups is 1. The van der Waals surface area contributed by atoms with Gasteiger partial charge in [-0.15, -0.1) is 0 Å². The molecule has 0 spiro atoms. The number of para-hydroxylation sites is 2. The molecule has 1 aromatic heterocycles. The van der Waals surface area contributed by atoms with Crippen molar-refractivity contribution in [1.29, 1.82) is 0 Å². The molecule has 1 fully saturated rings. The molecule has 0 aliphatic carbocycles. The standard InChI is InChI=1S/C25H20N2O7S/c1-14-11-15(24(30)31)7-9-17(14)19-10-8-16(34-19)12-21-23(29)27(25(32)35-21)13-22(28)26-18-5-3-4-6-20(18)33-2/h3-12H,13H2,1-2H3,(H,26,28)(H,30,31)/b21-12-. The van der Waals surface area contributed by atoms with Crippen molar-refractivity contribution >= 4 is 46.5 Å². The third kappa shape index (κ3) is 5.12. The number of carboxylic acids is 1. The lowest BCUT2D eigenvalue weighted by molar-refractivity contribution is -0.127. The van der Waals surface area contributed by atoms with Crippen molar-refractivity contribution in [3.8, 4) is 17.1 Å². The summed E-state index contributed by atoms with van der Waals surface area (Å²) in [4.78, 5) is 49.8. The van der Waals surface area contributed by atoms with Gasteiger partial charge in [-0.25, -0.2) is 4.79 Å². The van der Waals surface area contributed by atoms with E-state index in [0.29, 0.717) is 45.8 Å². The Balaban J connectivity index is 1.47. The Morgan fingerprint density at radius 1 is 1.14 bits per heavy atom. The zero-order chi connectivity index (χ0) is 25.1. The quantitative estimate of drug-likeness (QED) is 0.457. The summed E-state index contributed by atoms with van der Waals surface area (Å²) < 4.78 is 11.0. The highest BCUT2D eigenvalue weighted by Gasteiger charge is 2.36. The van der Waals surface area contributed by atoms with Crippen LogP contribution in [0, 0.1) is 6.92 Å². The van der Waals surface area contributed by atoms with Crippen LogP contribution in [0.5, 0.6) is 5.75 Å². The molecule has 2 heterocycles. The van der Waals surface area contributed by atoms with Crippen molar-refractivity contribution < 1.29 is 33.4 Å². The zero-order valence-electron chi connectivity index (χ0n) is 18.7. The first-order valence-corrected chi connectivity index (χ1v) is 11.2. The number of imide groups is 1. The number of rotatable bonds is 7. The maximum absolute atomic E-state index is 12.8. The Kier molecular flexibility index (Phi) is 6.74. The lowest BCUT2D eigenvalue weighted by Crippen LogP contribution is -2.36. The van der Waals surface area contributed by atoms with E-state index in [1.54, 1.807) is 55.5 Å². The molecule has 4 rings (SSSR count). The number of aryl methyl sites for hydroxylation is 1. The van der Waals surface area contributed by atoms with E-state index in [4.69, 9.17) is 14.3 Å². The second-order valence-corrected chi connectivity index (χ2v) is 8.55. The van der Waals surface area contributed by atoms with Crippen LogP contribution in [0.1, 0.15) is 21.7 Å². The summed E-state index contributed by atoms with van der Waals surface area (Å²) in [6.45, 7) is 1.32. The second-order valence-electron chi connectivity index (χ2n) is 7.55. The summed E-state index contributed by atoms with van der Waals surface area (Å²) in [7, 11) is 1.47. The number of hydrogen-bond donors (Lipinski definition) is 2. The Hall–Kier alpha value is -4.31. The van der Waals surface area contributed by atoms with Gasteiger partial charge in [0.15, 0.2) is 0 Å². The highest BCUT2D eigenvalue weighted by molar-refractivity contribution is 8.18. The van der Waals surface area contributed by atoms with Crippen LogP contribution in [0.4, 0.5) is 10.5 Å². The number of benzene rings is 2. The van der Waals surface area contributed by atoms with Crippen LogP contribution in [0.2, 0.25) is 0 Å². The third-order valence-corrected chi connectivity index (χ3v) is 6.10. The number of nitrogens with zero attached hydrogens (tertiary/aromatic N) is 1. The van der Waals surface area contributed by atoms with Gasteiger partial charge in [0.05, 0.1) is 23.3 Å². The van der Waals surface area contributed by atoms with Crippen LogP contribution < -0.4 is 10.1 Å². The predicted molar refractivity (Wildman–Crippen MR) is 130 cm³/mol. The Morgan fingerprint density at radius 3 is 2.63 bits per heavy atom. The molecule has 2 N–H and O–H groups in total. The van der Waals surface area contributed by atoms with Crippen LogP contribution in [-0.2, 0) is 9.59 Å². The van der Waals surface area contributed by atoms with Crippen LogP contribution in [0.3, 0.4) is 0 Å². The van der Waals surface area contributed by atoms with Crippen molar-refractivity contribution in [2.45, 2.75) is 6.92 Å². The van der Waals surface area contributed by atoms with Crippen molar-refractivity contribution in [3.63, 3.8) is 0 Å². The molecular weight excluding hydrogens is 472 g/mol. The maximum Gasteiger partial charge on any atom is 0.335 e. The molecule has 0 unspecified atom stereocenters. The Labute approximate surface area is 204 Å². The van der Waals surface area contributed by atoms with Gasteiger partial charge in [0.25, 0.3) is 11.1 Å². The molecule has 0 atom stereocenters. The van der Waals surface area contributed by atoms with Gasteiger partial charge in [-0.2, -0.15) is 0 Å². The topological polar surface area (TPSA) is 126 Å². The number of ether oxygens (including phenoxy) is 1. The van der Waals surface area contributed by atoms with Crippen LogP contribution in [0.15, 0.2) is 63.9 Å². The number of amides is 3. The molecule has 178 valence electrons. The number of carbonyl (C=O) groups excluding carboxylic acids is 3. The van der Waals surface area contributed by atoms with Gasteiger partial charge in [0.2, 0.25) is 5.91 Å². The number of methoxy groups -OCH3 is 1. The average Bonchev–Trinajstić information content (AvgIpc) is 3.39. The van der Waals surface area contributed by atoms with Gasteiger partial charge >= 0.3 is 5.97 Å². The minimum absolute atomic E-state index is 0.124. The van der Waals surface area contributed by atoms with Gasteiger partial charge in [-0.3, -0.25) is 19.3 Å². The van der Waals surface area contributed by atoms with E-state index in [9.17, 15) is 19.2 Å². The molecule has 1 saturated heterocycles. The normalized spacial score (nSPS) is 14.5. The lowest BCUT2D eigenvalue weighted by Gasteiger charge is -2.14. The minimum Gasteiger partial charge on any atom is -0.495 e. The Morgan fingerprint density at radius 2 is 1.91 bits per heavy atom. The number of carbonyl (C=O) groups is 4. The fourth-order valence-electron chi connectivity index (χ4n) is 3.50. The summed E-state index contributed by atoms with van der Waals surface area (Å²) in [6.07, 6.45) is 1.44. The van der Waals surface area contributed by atoms with Crippen LogP contribution in [-0.4, -0.2) is 46.7 Å². The number of nitrogens with one attached hydrogen (secondary N) is 1. The Bertz CT molecular complexity index is 1380. The van der Waals surface area contributed by atoms with Gasteiger partial charge in [0.1, 0.15) is 23.8 Å². The molecule has 3 aromatic rings. The fourth-order valence-corrected chi connectivity index (χ4v) is 4.31. The van der Waals surface area contributed by atoms with Gasteiger partial charge in [0, 0.05) is 11.6 Å². The molecule has 3 amide bonds. The maximum atomic E-state index is 12.8. The molecule has 10 heteroatoms. The first kappa shape index (κ1) is 23.8. The van der Waals surface area contributed by atoms with E-state index in [0.717, 1.165) is 4.90 Å². The van der Waals surface area contributed by atoms with Crippen molar-refractivity contribution in [3.05, 3.63) is 76.4 Å². The molecule has 0 saturated carbocycles. The molecule has 0 radical (unpaired) electrons. The van der Waals surface area contributed by atoms with E-state index in [1.165, 1.54) is 19.3 Å². The largest absolute Gasteiger partial charge is 0.495 e. The summed E-state index contributed by atoms with van der Waals surface area (Å²) in [5, 5.41) is 11.2. The van der Waals surface area contributed by atoms with E-state index in [1.807, 2.05) is 0 Å². The number of anilines is 1. The molecule has 35 heavy (non-hydrogen) atoms. The first-order chi connectivity index (χ1) is 16.8. The molecular formula is C25H20N2O7S. The molecule has 2 aromatic carbocycles. The monoisotopic (exact) mass is 492 g/mol. The zero-order valence-corrected chi connectivity index (χ0v) is 19.5. The first-order valence-electron chi connectivity index (χ1n) is 10.4. The van der Waals surface area contributed by atoms with Crippen molar-refractivity contribution in [2.75, 3.05) is 19.0 Å². The van der Waals surface area contributed by atoms with Crippen LogP contribution >= 0.6 is 11.8 Å². The van der Waals surface area contributed by atoms with E-state index in [2.05, 4.69) is 5.32 Å². The summed E-state index contributed by atoms with van der Waals surface area (Å²) >= 11 is 0.715. The van der Waals surface area contributed by atoms with E-state index < -0.39 is 29.6 Å². The smallest absolute Gasteiger partial charge is 0.335 e. The van der Waals surface area contributed by atoms with Gasteiger partial charge in [-0.1, -0.05) is 18.2 Å². The fraction of sp³-hybridized carbons (Fsp3) is 0.120. The highest BCUT2D eigenvalue weighted by Crippen LogP contribution is 2.34. The van der Waals surface area contributed by atoms with Gasteiger partial charge in [-0.05, 0) is 60.6 Å². The number of aromatic carboxylic acids is 1. The molecule has 1 aliphatic rings.